The molecule has 0 atom stereocenters. The van der Waals surface area contributed by atoms with Gasteiger partial charge in [0.2, 0.25) is 0 Å². The zero-order valence-corrected chi connectivity index (χ0v) is 26.4. The summed E-state index contributed by atoms with van der Waals surface area (Å²) in [4.78, 5) is 0. The number of thiophene rings is 1. The van der Waals surface area contributed by atoms with Crippen molar-refractivity contribution in [2.45, 2.75) is 0 Å². The quantitative estimate of drug-likeness (QED) is 0.174. The van der Waals surface area contributed by atoms with Gasteiger partial charge in [0.05, 0.1) is 0 Å². The molecule has 0 aliphatic rings. The molecular formula is C46H28S. The lowest BCUT2D eigenvalue weighted by Crippen LogP contribution is -1.92. The van der Waals surface area contributed by atoms with Crippen LogP contribution in [0.25, 0.3) is 96.6 Å². The van der Waals surface area contributed by atoms with Crippen LogP contribution in [0.4, 0.5) is 0 Å². The lowest BCUT2D eigenvalue weighted by Gasteiger charge is -2.20. The van der Waals surface area contributed by atoms with E-state index < -0.39 is 0 Å². The maximum absolute atomic E-state index is 2.45. The highest BCUT2D eigenvalue weighted by Crippen LogP contribution is 2.47. The summed E-state index contributed by atoms with van der Waals surface area (Å²) < 4.78 is 2.68. The zero-order chi connectivity index (χ0) is 30.9. The van der Waals surface area contributed by atoms with Crippen LogP contribution < -0.4 is 0 Å². The molecule has 0 fully saturated rings. The summed E-state index contributed by atoms with van der Waals surface area (Å²) in [5, 5.41) is 12.9. The van der Waals surface area contributed by atoms with E-state index in [4.69, 9.17) is 0 Å². The zero-order valence-electron chi connectivity index (χ0n) is 25.6. The van der Waals surface area contributed by atoms with E-state index in [-0.39, 0.29) is 0 Å². The summed E-state index contributed by atoms with van der Waals surface area (Å²) in [6.07, 6.45) is 0. The minimum Gasteiger partial charge on any atom is -0.135 e. The Morgan fingerprint density at radius 2 is 0.894 bits per heavy atom. The van der Waals surface area contributed by atoms with Crippen molar-refractivity contribution in [1.29, 1.82) is 0 Å². The van der Waals surface area contributed by atoms with Crippen LogP contribution in [0.1, 0.15) is 0 Å². The monoisotopic (exact) mass is 612 g/mol. The minimum absolute atomic E-state index is 1.24. The summed E-state index contributed by atoms with van der Waals surface area (Å²) in [6.45, 7) is 0. The van der Waals surface area contributed by atoms with Gasteiger partial charge in [0.25, 0.3) is 0 Å². The molecule has 218 valence electrons. The van der Waals surface area contributed by atoms with Crippen molar-refractivity contribution in [2.24, 2.45) is 0 Å². The first-order valence-electron chi connectivity index (χ1n) is 16.2. The predicted molar refractivity (Wildman–Crippen MR) is 206 cm³/mol. The minimum atomic E-state index is 1.24. The Morgan fingerprint density at radius 3 is 1.64 bits per heavy atom. The van der Waals surface area contributed by atoms with Crippen molar-refractivity contribution < 1.29 is 0 Å². The summed E-state index contributed by atoms with van der Waals surface area (Å²) in [7, 11) is 0. The SMILES string of the molecule is c1ccc(-c2c3ccccc3c(-c3cc(-c4cccc5c4ccc4sc6ccccc6c45)cc4ccccc34)c3ccccc23)cc1. The van der Waals surface area contributed by atoms with E-state index in [1.807, 2.05) is 11.3 Å². The second-order valence-electron chi connectivity index (χ2n) is 12.4. The van der Waals surface area contributed by atoms with Crippen LogP contribution in [0.15, 0.2) is 170 Å². The summed E-state index contributed by atoms with van der Waals surface area (Å²) in [5.74, 6) is 0. The molecule has 9 aromatic carbocycles. The lowest BCUT2D eigenvalue weighted by atomic mass is 9.83. The van der Waals surface area contributed by atoms with Crippen LogP contribution in [-0.2, 0) is 0 Å². The van der Waals surface area contributed by atoms with Crippen molar-refractivity contribution in [3.63, 3.8) is 0 Å². The summed E-state index contributed by atoms with van der Waals surface area (Å²) >= 11 is 1.88. The largest absolute Gasteiger partial charge is 0.135 e. The van der Waals surface area contributed by atoms with E-state index in [0.717, 1.165) is 0 Å². The lowest BCUT2D eigenvalue weighted by molar-refractivity contribution is 1.65. The molecule has 0 aliphatic carbocycles. The number of fused-ring (bicyclic) bond motifs is 8. The Bertz CT molecular complexity index is 2780. The number of benzene rings is 9. The summed E-state index contributed by atoms with van der Waals surface area (Å²) in [5.41, 5.74) is 7.60. The molecule has 10 aromatic rings. The van der Waals surface area contributed by atoms with E-state index in [1.54, 1.807) is 0 Å². The Labute approximate surface area is 276 Å². The van der Waals surface area contributed by atoms with Gasteiger partial charge in [-0.1, -0.05) is 146 Å². The van der Waals surface area contributed by atoms with Crippen LogP contribution in [0, 0.1) is 0 Å². The first-order chi connectivity index (χ1) is 23.3. The molecule has 0 amide bonds. The highest BCUT2D eigenvalue weighted by Gasteiger charge is 2.19. The standard InChI is InChI=1S/C46H28S/c1-2-13-29(14-3-1)44-36-17-6-8-19-38(36)45(39-20-9-7-18-37(39)44)41-28-31(27-30-15-4-5-16-32(30)41)33-22-12-23-35-34(33)25-26-43-46(35)40-21-10-11-24-42(40)47-43/h1-28H. The van der Waals surface area contributed by atoms with Gasteiger partial charge >= 0.3 is 0 Å². The fourth-order valence-corrected chi connectivity index (χ4v) is 8.96. The maximum atomic E-state index is 2.45. The van der Waals surface area contributed by atoms with Gasteiger partial charge in [-0.2, -0.15) is 0 Å². The van der Waals surface area contributed by atoms with Crippen molar-refractivity contribution >= 4 is 74.6 Å². The molecule has 10 rings (SSSR count). The van der Waals surface area contributed by atoms with Gasteiger partial charge in [0.15, 0.2) is 0 Å². The second-order valence-corrected chi connectivity index (χ2v) is 13.5. The van der Waals surface area contributed by atoms with Crippen molar-refractivity contribution in [3.05, 3.63) is 170 Å². The molecular weight excluding hydrogens is 585 g/mol. The molecule has 1 aromatic heterocycles. The van der Waals surface area contributed by atoms with Crippen molar-refractivity contribution in [3.8, 4) is 33.4 Å². The van der Waals surface area contributed by atoms with E-state index >= 15 is 0 Å². The molecule has 0 unspecified atom stereocenters. The molecule has 0 radical (unpaired) electrons. The third-order valence-corrected chi connectivity index (χ3v) is 11.0. The van der Waals surface area contributed by atoms with Gasteiger partial charge in [-0.15, -0.1) is 11.3 Å². The highest BCUT2D eigenvalue weighted by molar-refractivity contribution is 7.26. The first kappa shape index (κ1) is 26.5. The molecule has 0 bridgehead atoms. The van der Waals surface area contributed by atoms with Gasteiger partial charge < -0.3 is 0 Å². The Hall–Kier alpha value is -5.76. The average molecular weight is 613 g/mol. The molecule has 0 spiro atoms. The highest BCUT2D eigenvalue weighted by atomic mass is 32.1. The van der Waals surface area contributed by atoms with Gasteiger partial charge in [-0.3, -0.25) is 0 Å². The van der Waals surface area contributed by atoms with Crippen molar-refractivity contribution in [1.82, 2.24) is 0 Å². The van der Waals surface area contributed by atoms with Gasteiger partial charge in [0, 0.05) is 20.2 Å². The number of hydrogen-bond donors (Lipinski definition) is 0. The smallest absolute Gasteiger partial charge is 0.0361 e. The Morgan fingerprint density at radius 1 is 0.298 bits per heavy atom. The first-order valence-corrected chi connectivity index (χ1v) is 17.0. The third kappa shape index (κ3) is 4.00. The number of hydrogen-bond acceptors (Lipinski definition) is 1. The van der Waals surface area contributed by atoms with E-state index in [9.17, 15) is 0 Å². The molecule has 47 heavy (non-hydrogen) atoms. The molecule has 0 N–H and O–H groups in total. The molecule has 1 heteroatoms. The van der Waals surface area contributed by atoms with Crippen LogP contribution in [0.5, 0.6) is 0 Å². The van der Waals surface area contributed by atoms with E-state index in [1.165, 1.54) is 96.6 Å². The topological polar surface area (TPSA) is 0 Å². The van der Waals surface area contributed by atoms with E-state index in [2.05, 4.69) is 170 Å². The van der Waals surface area contributed by atoms with Crippen LogP contribution in [-0.4, -0.2) is 0 Å². The van der Waals surface area contributed by atoms with Gasteiger partial charge in [-0.05, 0) is 101 Å². The predicted octanol–water partition coefficient (Wildman–Crippen LogP) is 13.7. The fourth-order valence-electron chi connectivity index (χ4n) is 7.84. The molecule has 0 aliphatic heterocycles. The third-order valence-electron chi connectivity index (χ3n) is 9.84. The maximum Gasteiger partial charge on any atom is 0.0361 e. The van der Waals surface area contributed by atoms with Crippen LogP contribution in [0.2, 0.25) is 0 Å². The molecule has 0 nitrogen and oxygen atoms in total. The normalized spacial score (nSPS) is 11.8. The van der Waals surface area contributed by atoms with Gasteiger partial charge in [0.1, 0.15) is 0 Å². The molecule has 1 heterocycles. The molecule has 0 saturated carbocycles. The fraction of sp³-hybridized carbons (Fsp3) is 0. The average Bonchev–Trinajstić information content (AvgIpc) is 3.53. The molecule has 0 saturated heterocycles. The second kappa shape index (κ2) is 10.4. The summed E-state index contributed by atoms with van der Waals surface area (Å²) in [6, 6.07) is 62.7. The van der Waals surface area contributed by atoms with Gasteiger partial charge in [-0.25, -0.2) is 0 Å². The van der Waals surface area contributed by atoms with Crippen molar-refractivity contribution in [2.75, 3.05) is 0 Å². The van der Waals surface area contributed by atoms with Crippen LogP contribution >= 0.6 is 11.3 Å². The number of rotatable bonds is 3. The Balaban J connectivity index is 1.32. The van der Waals surface area contributed by atoms with E-state index in [0.29, 0.717) is 0 Å². The Kier molecular flexibility index (Phi) is 5.85. The van der Waals surface area contributed by atoms with Crippen LogP contribution in [0.3, 0.4) is 0 Å².